The van der Waals surface area contributed by atoms with Crippen LogP contribution in [0, 0.1) is 0 Å². The van der Waals surface area contributed by atoms with E-state index in [2.05, 4.69) is 5.32 Å². The molecule has 2 aromatic rings. The Morgan fingerprint density at radius 3 is 2.38 bits per heavy atom. The standard InChI is InChI=1S/C22H25N3O7S2/c26-21(11-15-25-22(27)19-5-1-2-6-20(19)34(25,30)31)23-12-16-32-17-7-9-18(10-8-17)33(28,29)24-13-3-4-14-24/h1-2,5-10H,3-4,11-16H2,(H,23,26). The quantitative estimate of drug-likeness (QED) is 0.505. The van der Waals surface area contributed by atoms with Crippen LogP contribution in [0.1, 0.15) is 29.6 Å². The second-order valence-electron chi connectivity index (χ2n) is 7.91. The topological polar surface area (TPSA) is 130 Å². The summed E-state index contributed by atoms with van der Waals surface area (Å²) in [5, 5.41) is 2.61. The molecule has 0 atom stereocenters. The van der Waals surface area contributed by atoms with Gasteiger partial charge in [0.2, 0.25) is 15.9 Å². The molecule has 2 aliphatic rings. The van der Waals surface area contributed by atoms with Crippen molar-refractivity contribution in [2.45, 2.75) is 29.1 Å². The van der Waals surface area contributed by atoms with Crippen molar-refractivity contribution in [3.63, 3.8) is 0 Å². The van der Waals surface area contributed by atoms with E-state index in [1.165, 1.54) is 28.6 Å². The van der Waals surface area contributed by atoms with Gasteiger partial charge in [-0.25, -0.2) is 21.1 Å². The maximum absolute atomic E-state index is 12.5. The molecule has 12 heteroatoms. The first-order valence-corrected chi connectivity index (χ1v) is 13.7. The fourth-order valence-corrected chi connectivity index (χ4v) is 6.98. The van der Waals surface area contributed by atoms with Gasteiger partial charge in [0.05, 0.1) is 17.0 Å². The summed E-state index contributed by atoms with van der Waals surface area (Å²) in [4.78, 5) is 24.6. The predicted molar refractivity (Wildman–Crippen MR) is 122 cm³/mol. The van der Waals surface area contributed by atoms with Gasteiger partial charge in [-0.15, -0.1) is 0 Å². The Morgan fingerprint density at radius 1 is 1.03 bits per heavy atom. The molecular formula is C22H25N3O7S2. The van der Waals surface area contributed by atoms with Crippen LogP contribution in [0.15, 0.2) is 58.3 Å². The molecule has 10 nitrogen and oxygen atoms in total. The number of nitrogens with one attached hydrogen (secondary N) is 1. The number of nitrogens with zero attached hydrogens (tertiary/aromatic N) is 2. The van der Waals surface area contributed by atoms with Gasteiger partial charge in [0.1, 0.15) is 17.3 Å². The van der Waals surface area contributed by atoms with Crippen molar-refractivity contribution in [2.75, 3.05) is 32.8 Å². The molecule has 0 aliphatic carbocycles. The van der Waals surface area contributed by atoms with Gasteiger partial charge in [-0.1, -0.05) is 12.1 Å². The molecule has 1 saturated heterocycles. The first-order chi connectivity index (χ1) is 16.2. The molecule has 2 amide bonds. The van der Waals surface area contributed by atoms with E-state index in [1.807, 2.05) is 0 Å². The normalized spacial score (nSPS) is 17.5. The largest absolute Gasteiger partial charge is 0.492 e. The number of hydrogen-bond donors (Lipinski definition) is 1. The number of benzene rings is 2. The summed E-state index contributed by atoms with van der Waals surface area (Å²) in [7, 11) is -7.42. The Kier molecular flexibility index (Phi) is 6.91. The van der Waals surface area contributed by atoms with Crippen LogP contribution in [-0.4, -0.2) is 70.0 Å². The van der Waals surface area contributed by atoms with Crippen LogP contribution in [0.3, 0.4) is 0 Å². The average Bonchev–Trinajstić information content (AvgIpc) is 3.43. The number of hydrogen-bond acceptors (Lipinski definition) is 7. The van der Waals surface area contributed by atoms with Gasteiger partial charge < -0.3 is 10.1 Å². The van der Waals surface area contributed by atoms with Crippen LogP contribution >= 0.6 is 0 Å². The van der Waals surface area contributed by atoms with Crippen LogP contribution in [0.25, 0.3) is 0 Å². The summed E-state index contributed by atoms with van der Waals surface area (Å²) >= 11 is 0. The molecule has 34 heavy (non-hydrogen) atoms. The van der Waals surface area contributed by atoms with E-state index < -0.39 is 31.9 Å². The van der Waals surface area contributed by atoms with Crippen molar-refractivity contribution in [3.05, 3.63) is 54.1 Å². The monoisotopic (exact) mass is 507 g/mol. The van der Waals surface area contributed by atoms with E-state index in [0.29, 0.717) is 23.1 Å². The minimum absolute atomic E-state index is 0.0481. The van der Waals surface area contributed by atoms with E-state index in [9.17, 15) is 26.4 Å². The molecule has 0 bridgehead atoms. The van der Waals surface area contributed by atoms with Gasteiger partial charge in [-0.3, -0.25) is 9.59 Å². The smallest absolute Gasteiger partial charge is 0.269 e. The average molecular weight is 508 g/mol. The third kappa shape index (κ3) is 4.79. The number of carbonyl (C=O) groups excluding carboxylic acids is 2. The minimum Gasteiger partial charge on any atom is -0.492 e. The Bertz CT molecular complexity index is 1290. The van der Waals surface area contributed by atoms with E-state index in [0.717, 1.165) is 12.8 Å². The SMILES string of the molecule is O=C(CCN1C(=O)c2ccccc2S1(=O)=O)NCCOc1ccc(S(=O)(=O)N2CCCC2)cc1. The second-order valence-corrected chi connectivity index (χ2v) is 11.7. The summed E-state index contributed by atoms with van der Waals surface area (Å²) in [5.41, 5.74) is 0.107. The van der Waals surface area contributed by atoms with E-state index in [-0.39, 0.29) is 41.5 Å². The van der Waals surface area contributed by atoms with Crippen molar-refractivity contribution in [1.82, 2.24) is 13.9 Å². The van der Waals surface area contributed by atoms with Gasteiger partial charge in [-0.2, -0.15) is 4.31 Å². The summed E-state index contributed by atoms with van der Waals surface area (Å²) in [6.45, 7) is 1.11. The van der Waals surface area contributed by atoms with Gasteiger partial charge in [0.15, 0.2) is 0 Å². The molecule has 4 rings (SSSR count). The first-order valence-electron chi connectivity index (χ1n) is 10.9. The second kappa shape index (κ2) is 9.72. The number of rotatable bonds is 9. The van der Waals surface area contributed by atoms with Crippen LogP contribution in [0.5, 0.6) is 5.75 Å². The van der Waals surface area contributed by atoms with Crippen molar-refractivity contribution < 1.29 is 31.2 Å². The highest BCUT2D eigenvalue weighted by Gasteiger charge is 2.40. The molecule has 182 valence electrons. The fraction of sp³-hybridized carbons (Fsp3) is 0.364. The molecule has 1 N–H and O–H groups in total. The Morgan fingerprint density at radius 2 is 1.71 bits per heavy atom. The summed E-state index contributed by atoms with van der Waals surface area (Å²) in [6.07, 6.45) is 1.55. The van der Waals surface area contributed by atoms with Crippen LogP contribution < -0.4 is 10.1 Å². The highest BCUT2D eigenvalue weighted by atomic mass is 32.2. The molecule has 2 aromatic carbocycles. The molecule has 0 unspecified atom stereocenters. The lowest BCUT2D eigenvalue weighted by Gasteiger charge is -2.16. The summed E-state index contributed by atoms with van der Waals surface area (Å²) in [5.74, 6) is -0.599. The minimum atomic E-state index is -3.94. The van der Waals surface area contributed by atoms with Crippen molar-refractivity contribution in [2.24, 2.45) is 0 Å². The molecule has 0 saturated carbocycles. The molecule has 1 fully saturated rings. The highest BCUT2D eigenvalue weighted by Crippen LogP contribution is 2.29. The van der Waals surface area contributed by atoms with Crippen molar-refractivity contribution in [1.29, 1.82) is 0 Å². The Balaban J connectivity index is 1.21. The van der Waals surface area contributed by atoms with Gasteiger partial charge in [-0.05, 0) is 49.2 Å². The zero-order chi connectivity index (χ0) is 24.3. The molecule has 0 radical (unpaired) electrons. The number of fused-ring (bicyclic) bond motifs is 1. The van der Waals surface area contributed by atoms with Crippen LogP contribution in [0.2, 0.25) is 0 Å². The summed E-state index contributed by atoms with van der Waals surface area (Å²) < 4.78 is 57.8. The lowest BCUT2D eigenvalue weighted by atomic mass is 10.2. The third-order valence-corrected chi connectivity index (χ3v) is 9.43. The molecule has 0 spiro atoms. The number of carbonyl (C=O) groups is 2. The molecule has 2 heterocycles. The van der Waals surface area contributed by atoms with Gasteiger partial charge >= 0.3 is 0 Å². The van der Waals surface area contributed by atoms with E-state index in [1.54, 1.807) is 24.3 Å². The van der Waals surface area contributed by atoms with Crippen molar-refractivity contribution in [3.8, 4) is 5.75 Å². The van der Waals surface area contributed by atoms with Gasteiger partial charge in [0.25, 0.3) is 15.9 Å². The number of sulfonamides is 2. The highest BCUT2D eigenvalue weighted by molar-refractivity contribution is 7.90. The lowest BCUT2D eigenvalue weighted by molar-refractivity contribution is -0.121. The third-order valence-electron chi connectivity index (χ3n) is 5.67. The Labute approximate surface area is 198 Å². The first kappa shape index (κ1) is 24.2. The predicted octanol–water partition coefficient (Wildman–Crippen LogP) is 1.20. The zero-order valence-corrected chi connectivity index (χ0v) is 20.0. The summed E-state index contributed by atoms with van der Waals surface area (Å²) in [6, 6.07) is 12.1. The van der Waals surface area contributed by atoms with Crippen molar-refractivity contribution >= 4 is 31.9 Å². The Hall–Kier alpha value is -2.96. The molecule has 2 aliphatic heterocycles. The number of ether oxygens (including phenoxy) is 1. The van der Waals surface area contributed by atoms with Crippen LogP contribution in [-0.2, 0) is 24.8 Å². The van der Waals surface area contributed by atoms with Crippen LogP contribution in [0.4, 0.5) is 0 Å². The fourth-order valence-electron chi connectivity index (χ4n) is 3.89. The molecule has 0 aromatic heterocycles. The van der Waals surface area contributed by atoms with E-state index in [4.69, 9.17) is 4.74 Å². The number of amides is 2. The maximum Gasteiger partial charge on any atom is 0.269 e. The van der Waals surface area contributed by atoms with Gasteiger partial charge in [0, 0.05) is 26.1 Å². The van der Waals surface area contributed by atoms with E-state index >= 15 is 0 Å². The molecular weight excluding hydrogens is 482 g/mol. The zero-order valence-electron chi connectivity index (χ0n) is 18.3. The maximum atomic E-state index is 12.5. The lowest BCUT2D eigenvalue weighted by Crippen LogP contribution is -2.35.